The summed E-state index contributed by atoms with van der Waals surface area (Å²) in [5.41, 5.74) is 2.37. The highest BCUT2D eigenvalue weighted by Crippen LogP contribution is 2.43. The zero-order valence-corrected chi connectivity index (χ0v) is 19.0. The van der Waals surface area contributed by atoms with Crippen LogP contribution < -0.4 is 15.0 Å². The van der Waals surface area contributed by atoms with Crippen LogP contribution in [0.5, 0.6) is 5.75 Å². The van der Waals surface area contributed by atoms with Crippen molar-refractivity contribution in [1.82, 2.24) is 10.3 Å². The van der Waals surface area contributed by atoms with E-state index in [0.717, 1.165) is 17.1 Å². The van der Waals surface area contributed by atoms with Crippen molar-refractivity contribution in [1.29, 1.82) is 0 Å². The van der Waals surface area contributed by atoms with Gasteiger partial charge in [-0.1, -0.05) is 24.3 Å². The minimum absolute atomic E-state index is 0.178. The van der Waals surface area contributed by atoms with Crippen LogP contribution in [0.15, 0.2) is 89.5 Å². The Labute approximate surface area is 201 Å². The van der Waals surface area contributed by atoms with E-state index in [0.29, 0.717) is 22.2 Å². The number of hydrogen-bond acceptors (Lipinski definition) is 5. The van der Waals surface area contributed by atoms with Gasteiger partial charge < -0.3 is 24.5 Å². The van der Waals surface area contributed by atoms with E-state index in [1.807, 2.05) is 53.4 Å². The lowest BCUT2D eigenvalue weighted by molar-refractivity contribution is 0.0697. The molecule has 5 rings (SSSR count). The van der Waals surface area contributed by atoms with Gasteiger partial charge in [0.05, 0.1) is 24.4 Å². The second-order valence-electron chi connectivity index (χ2n) is 7.75. The number of methoxy groups -OCH3 is 1. The predicted molar refractivity (Wildman–Crippen MR) is 132 cm³/mol. The molecule has 34 heavy (non-hydrogen) atoms. The van der Waals surface area contributed by atoms with Crippen LogP contribution in [0.2, 0.25) is 0 Å². The Kier molecular flexibility index (Phi) is 5.73. The van der Waals surface area contributed by atoms with Crippen molar-refractivity contribution in [2.75, 3.05) is 12.0 Å². The van der Waals surface area contributed by atoms with Gasteiger partial charge in [-0.05, 0) is 66.8 Å². The molecule has 0 amide bonds. The number of carbonyl (C=O) groups is 1. The van der Waals surface area contributed by atoms with Gasteiger partial charge in [-0.15, -0.1) is 0 Å². The van der Waals surface area contributed by atoms with Crippen LogP contribution in [0.1, 0.15) is 33.9 Å². The van der Waals surface area contributed by atoms with E-state index < -0.39 is 5.97 Å². The summed E-state index contributed by atoms with van der Waals surface area (Å²) >= 11 is 5.73. The maximum absolute atomic E-state index is 11.7. The molecule has 2 N–H and O–H groups in total. The first-order valence-corrected chi connectivity index (χ1v) is 11.0. The maximum Gasteiger partial charge on any atom is 0.336 e. The molecule has 8 heteroatoms. The first-order chi connectivity index (χ1) is 16.6. The number of ether oxygens (including phenoxy) is 1. The number of aromatic carboxylic acids is 1. The Morgan fingerprint density at radius 3 is 2.53 bits per heavy atom. The molecule has 0 radical (unpaired) electrons. The molecule has 1 aliphatic heterocycles. The Morgan fingerprint density at radius 2 is 1.82 bits per heavy atom. The molecule has 170 valence electrons. The summed E-state index contributed by atoms with van der Waals surface area (Å²) in [5.74, 6) is 0.836. The first-order valence-electron chi connectivity index (χ1n) is 10.6. The zero-order chi connectivity index (χ0) is 23.7. The average molecular weight is 472 g/mol. The van der Waals surface area contributed by atoms with Crippen molar-refractivity contribution in [3.8, 4) is 17.1 Å². The molecule has 0 aliphatic carbocycles. The van der Waals surface area contributed by atoms with Crippen LogP contribution in [-0.4, -0.2) is 28.3 Å². The monoisotopic (exact) mass is 471 g/mol. The summed E-state index contributed by atoms with van der Waals surface area (Å²) in [7, 11) is 1.62. The topological polar surface area (TPSA) is 87.8 Å². The molecule has 7 nitrogen and oxygen atoms in total. The van der Waals surface area contributed by atoms with Gasteiger partial charge in [0.15, 0.2) is 5.11 Å². The van der Waals surface area contributed by atoms with Gasteiger partial charge in [0.25, 0.3) is 0 Å². The van der Waals surface area contributed by atoms with Gasteiger partial charge in [0.1, 0.15) is 23.3 Å². The van der Waals surface area contributed by atoms with Crippen molar-refractivity contribution >= 4 is 29.0 Å². The SMILES string of the molecule is COc1ccc(N2C(=S)N[C@H](c3ccccn3)[C@H]2c2ccc(-c3ccccc3C(=O)O)o2)cc1. The molecule has 2 atom stereocenters. The Morgan fingerprint density at radius 1 is 1.06 bits per heavy atom. The minimum atomic E-state index is -1.01. The lowest BCUT2D eigenvalue weighted by Gasteiger charge is -2.26. The lowest BCUT2D eigenvalue weighted by atomic mass is 10.0. The Hall–Kier alpha value is -4.17. The number of carboxylic acids is 1. The van der Waals surface area contributed by atoms with Crippen molar-refractivity contribution < 1.29 is 19.1 Å². The molecule has 2 aromatic heterocycles. The third-order valence-corrected chi connectivity index (χ3v) is 6.10. The molecule has 0 bridgehead atoms. The number of aromatic nitrogens is 1. The lowest BCUT2D eigenvalue weighted by Crippen LogP contribution is -2.29. The third kappa shape index (κ3) is 3.88. The van der Waals surface area contributed by atoms with Crippen molar-refractivity contribution in [3.63, 3.8) is 0 Å². The maximum atomic E-state index is 11.7. The van der Waals surface area contributed by atoms with E-state index in [1.54, 1.807) is 43.6 Å². The fraction of sp³-hybridized carbons (Fsp3) is 0.115. The summed E-state index contributed by atoms with van der Waals surface area (Å²) in [6, 6.07) is 23.2. The van der Waals surface area contributed by atoms with Crippen LogP contribution >= 0.6 is 12.2 Å². The number of anilines is 1. The van der Waals surface area contributed by atoms with E-state index in [9.17, 15) is 9.90 Å². The predicted octanol–water partition coefficient (Wildman–Crippen LogP) is 5.23. The van der Waals surface area contributed by atoms with Crippen molar-refractivity contribution in [2.24, 2.45) is 0 Å². The van der Waals surface area contributed by atoms with Crippen LogP contribution in [0.4, 0.5) is 5.69 Å². The number of thiocarbonyl (C=S) groups is 1. The second-order valence-corrected chi connectivity index (χ2v) is 8.13. The largest absolute Gasteiger partial charge is 0.497 e. The molecular weight excluding hydrogens is 450 g/mol. The van der Waals surface area contributed by atoms with Crippen LogP contribution in [-0.2, 0) is 0 Å². The summed E-state index contributed by atoms with van der Waals surface area (Å²) in [6.45, 7) is 0. The van der Waals surface area contributed by atoms with E-state index in [2.05, 4.69) is 10.3 Å². The molecule has 0 saturated carbocycles. The smallest absolute Gasteiger partial charge is 0.336 e. The second kappa shape index (κ2) is 8.99. The summed E-state index contributed by atoms with van der Waals surface area (Å²) in [5, 5.41) is 13.5. The summed E-state index contributed by atoms with van der Waals surface area (Å²) in [6.07, 6.45) is 1.74. The molecule has 1 saturated heterocycles. The third-order valence-electron chi connectivity index (χ3n) is 5.79. The van der Waals surface area contributed by atoms with E-state index in [1.165, 1.54) is 0 Å². The van der Waals surface area contributed by atoms with Gasteiger partial charge in [-0.3, -0.25) is 4.98 Å². The number of carboxylic acid groups (broad SMARTS) is 1. The van der Waals surface area contributed by atoms with Gasteiger partial charge in [0, 0.05) is 17.4 Å². The number of pyridine rings is 1. The number of furan rings is 1. The summed E-state index contributed by atoms with van der Waals surface area (Å²) < 4.78 is 11.6. The number of hydrogen-bond donors (Lipinski definition) is 2. The van der Waals surface area contributed by atoms with E-state index in [-0.39, 0.29) is 17.6 Å². The van der Waals surface area contributed by atoms with E-state index >= 15 is 0 Å². The molecule has 4 aromatic rings. The fourth-order valence-corrected chi connectivity index (χ4v) is 4.55. The van der Waals surface area contributed by atoms with Gasteiger partial charge in [-0.25, -0.2) is 4.79 Å². The number of benzene rings is 2. The Bertz CT molecular complexity index is 1340. The molecule has 0 spiro atoms. The molecule has 3 heterocycles. The van der Waals surface area contributed by atoms with Gasteiger partial charge in [-0.2, -0.15) is 0 Å². The number of rotatable bonds is 6. The number of nitrogens with zero attached hydrogens (tertiary/aromatic N) is 2. The van der Waals surface area contributed by atoms with Gasteiger partial charge in [0.2, 0.25) is 0 Å². The number of nitrogens with one attached hydrogen (secondary N) is 1. The quantitative estimate of drug-likeness (QED) is 0.370. The normalized spacial score (nSPS) is 17.4. The Balaban J connectivity index is 1.60. The van der Waals surface area contributed by atoms with Crippen molar-refractivity contribution in [3.05, 3.63) is 102 Å². The molecule has 0 unspecified atom stereocenters. The van der Waals surface area contributed by atoms with Crippen molar-refractivity contribution in [2.45, 2.75) is 12.1 Å². The zero-order valence-electron chi connectivity index (χ0n) is 18.2. The van der Waals surface area contributed by atoms with Crippen LogP contribution in [0.3, 0.4) is 0 Å². The molecule has 2 aromatic carbocycles. The first kappa shape index (κ1) is 21.7. The standard InChI is InChI=1S/C26H21N3O4S/c1-32-17-11-9-16(10-12-17)29-24(23(28-26(29)34)20-8-4-5-15-27-20)22-14-13-21(33-22)18-6-2-3-7-19(18)25(30)31/h2-15,23-24H,1H3,(H,28,34)(H,30,31)/t23-,24-/m1/s1. The molecular formula is C26H21N3O4S. The van der Waals surface area contributed by atoms with Gasteiger partial charge >= 0.3 is 5.97 Å². The average Bonchev–Trinajstić information content (AvgIpc) is 3.49. The molecule has 1 aliphatic rings. The highest BCUT2D eigenvalue weighted by Gasteiger charge is 2.42. The minimum Gasteiger partial charge on any atom is -0.497 e. The highest BCUT2D eigenvalue weighted by atomic mass is 32.1. The van der Waals surface area contributed by atoms with E-state index in [4.69, 9.17) is 21.4 Å². The fourth-order valence-electron chi connectivity index (χ4n) is 4.21. The highest BCUT2D eigenvalue weighted by molar-refractivity contribution is 7.80. The van der Waals surface area contributed by atoms with Crippen LogP contribution in [0, 0.1) is 0 Å². The molecule has 1 fully saturated rings. The van der Waals surface area contributed by atoms with Crippen LogP contribution in [0.25, 0.3) is 11.3 Å². The summed E-state index contributed by atoms with van der Waals surface area (Å²) in [4.78, 5) is 18.3.